The summed E-state index contributed by atoms with van der Waals surface area (Å²) in [5, 5.41) is 2.88. The Balaban J connectivity index is 2.15. The van der Waals surface area contributed by atoms with Crippen LogP contribution in [-0.2, 0) is 12.7 Å². The van der Waals surface area contributed by atoms with Crippen LogP contribution >= 0.6 is 27.3 Å². The van der Waals surface area contributed by atoms with Crippen LogP contribution in [0.5, 0.6) is 0 Å². The minimum absolute atomic E-state index is 0.184. The normalized spacial score (nSPS) is 11.6. The number of hydrogen-bond donors (Lipinski definition) is 2. The molecule has 0 aliphatic rings. The fraction of sp³-hybridized carbons (Fsp3) is 0.182. The quantitative estimate of drug-likeness (QED) is 0.874. The minimum Gasteiger partial charge on any atom is -0.396 e. The maximum Gasteiger partial charge on any atom is 0.433 e. The van der Waals surface area contributed by atoms with Gasteiger partial charge in [-0.3, -0.25) is 0 Å². The second kappa shape index (κ2) is 5.38. The highest BCUT2D eigenvalue weighted by molar-refractivity contribution is 9.11. The molecule has 0 saturated heterocycles. The third-order valence-electron chi connectivity index (χ3n) is 2.31. The lowest BCUT2D eigenvalue weighted by molar-refractivity contribution is -0.141. The summed E-state index contributed by atoms with van der Waals surface area (Å²) < 4.78 is 38.6. The van der Waals surface area contributed by atoms with Crippen molar-refractivity contribution in [2.75, 3.05) is 11.1 Å². The first kappa shape index (κ1) is 14.1. The van der Waals surface area contributed by atoms with Crippen molar-refractivity contribution in [3.63, 3.8) is 0 Å². The van der Waals surface area contributed by atoms with Crippen LogP contribution in [0.2, 0.25) is 0 Å². The molecule has 0 saturated carbocycles. The lowest BCUT2D eigenvalue weighted by Crippen LogP contribution is -2.10. The molecule has 8 heteroatoms. The van der Waals surface area contributed by atoms with Gasteiger partial charge in [0.05, 0.1) is 21.4 Å². The Morgan fingerprint density at radius 1 is 1.37 bits per heavy atom. The monoisotopic (exact) mass is 351 g/mol. The molecule has 0 aliphatic heterocycles. The number of halogens is 4. The largest absolute Gasteiger partial charge is 0.433 e. The highest BCUT2D eigenvalue weighted by Gasteiger charge is 2.32. The van der Waals surface area contributed by atoms with Gasteiger partial charge < -0.3 is 11.1 Å². The summed E-state index contributed by atoms with van der Waals surface area (Å²) >= 11 is 4.82. The fourth-order valence-corrected chi connectivity index (χ4v) is 2.83. The molecular weight excluding hydrogens is 343 g/mol. The molecular formula is C11H9BrF3N3S. The van der Waals surface area contributed by atoms with Crippen molar-refractivity contribution < 1.29 is 13.2 Å². The Kier molecular flexibility index (Phi) is 4.00. The van der Waals surface area contributed by atoms with Crippen molar-refractivity contribution in [1.82, 2.24) is 4.98 Å². The zero-order chi connectivity index (χ0) is 14.0. The van der Waals surface area contributed by atoms with E-state index in [9.17, 15) is 13.2 Å². The molecule has 2 rings (SSSR count). The summed E-state index contributed by atoms with van der Waals surface area (Å²) in [5.74, 6) is 0. The fourth-order valence-electron chi connectivity index (χ4n) is 1.40. The van der Waals surface area contributed by atoms with Gasteiger partial charge in [0.25, 0.3) is 0 Å². The molecule has 0 aromatic carbocycles. The number of nitrogens with two attached hydrogens (primary N) is 1. The zero-order valence-corrected chi connectivity index (χ0v) is 11.9. The second-order valence-electron chi connectivity index (χ2n) is 3.71. The van der Waals surface area contributed by atoms with E-state index in [2.05, 4.69) is 26.2 Å². The van der Waals surface area contributed by atoms with Crippen LogP contribution in [0.3, 0.4) is 0 Å². The van der Waals surface area contributed by atoms with Crippen molar-refractivity contribution in [1.29, 1.82) is 0 Å². The molecule has 0 atom stereocenters. The van der Waals surface area contributed by atoms with Gasteiger partial charge in [-0.25, -0.2) is 4.98 Å². The van der Waals surface area contributed by atoms with Crippen LogP contribution in [-0.4, -0.2) is 4.98 Å². The Hall–Kier alpha value is -1.28. The number of anilines is 2. The van der Waals surface area contributed by atoms with Crippen LogP contribution in [0, 0.1) is 0 Å². The lowest BCUT2D eigenvalue weighted by atomic mass is 10.2. The molecule has 0 bridgehead atoms. The number of nitrogens with one attached hydrogen (secondary N) is 1. The number of aromatic nitrogens is 1. The van der Waals surface area contributed by atoms with Crippen molar-refractivity contribution in [3.8, 4) is 0 Å². The van der Waals surface area contributed by atoms with Crippen LogP contribution in [0.25, 0.3) is 0 Å². The molecule has 0 radical (unpaired) electrons. The first-order valence-corrected chi connectivity index (χ1v) is 6.78. The van der Waals surface area contributed by atoms with E-state index in [1.54, 1.807) is 0 Å². The van der Waals surface area contributed by atoms with Crippen LogP contribution in [0.1, 0.15) is 10.6 Å². The standard InChI is InChI=1S/C11H9BrF3N3S/c12-10-2-1-6(19-10)4-17-8-3-9(11(13,14)15)18-5-7(8)16/h1-3,5H,4,16H2,(H,17,18). The first-order chi connectivity index (χ1) is 8.86. The van der Waals surface area contributed by atoms with Crippen molar-refractivity contribution in [2.24, 2.45) is 0 Å². The minimum atomic E-state index is -4.48. The highest BCUT2D eigenvalue weighted by atomic mass is 79.9. The average Bonchev–Trinajstić information content (AvgIpc) is 2.72. The van der Waals surface area contributed by atoms with E-state index >= 15 is 0 Å². The van der Waals surface area contributed by atoms with Gasteiger partial charge in [-0.2, -0.15) is 13.2 Å². The molecule has 2 heterocycles. The number of pyridine rings is 1. The lowest BCUT2D eigenvalue weighted by Gasteiger charge is -2.11. The van der Waals surface area contributed by atoms with Gasteiger partial charge in [0, 0.05) is 11.4 Å². The van der Waals surface area contributed by atoms with E-state index in [0.717, 1.165) is 20.9 Å². The predicted octanol–water partition coefficient (Wildman–Crippen LogP) is 4.12. The summed E-state index contributed by atoms with van der Waals surface area (Å²) in [5.41, 5.74) is 5.05. The highest BCUT2D eigenvalue weighted by Crippen LogP contribution is 2.31. The number of alkyl halides is 3. The van der Waals surface area contributed by atoms with Gasteiger partial charge in [0.2, 0.25) is 0 Å². The molecule has 0 fully saturated rings. The van der Waals surface area contributed by atoms with Crippen LogP contribution in [0.15, 0.2) is 28.2 Å². The summed E-state index contributed by atoms with van der Waals surface area (Å²) in [6.45, 7) is 0.405. The SMILES string of the molecule is Nc1cnc(C(F)(F)F)cc1NCc1ccc(Br)s1. The van der Waals surface area contributed by atoms with E-state index in [0.29, 0.717) is 6.54 Å². The zero-order valence-electron chi connectivity index (χ0n) is 9.46. The Labute approximate surface area is 119 Å². The number of nitrogen functional groups attached to an aromatic ring is 1. The summed E-state index contributed by atoms with van der Waals surface area (Å²) in [6, 6.07) is 4.67. The summed E-state index contributed by atoms with van der Waals surface area (Å²) in [4.78, 5) is 4.26. The average molecular weight is 352 g/mol. The summed E-state index contributed by atoms with van der Waals surface area (Å²) in [7, 11) is 0. The maximum absolute atomic E-state index is 12.5. The Morgan fingerprint density at radius 3 is 2.68 bits per heavy atom. The molecule has 19 heavy (non-hydrogen) atoms. The molecule has 0 amide bonds. The molecule has 0 spiro atoms. The molecule has 102 valence electrons. The second-order valence-corrected chi connectivity index (χ2v) is 6.26. The van der Waals surface area contributed by atoms with Crippen molar-refractivity contribution in [2.45, 2.75) is 12.7 Å². The summed E-state index contributed by atoms with van der Waals surface area (Å²) in [6.07, 6.45) is -3.47. The topological polar surface area (TPSA) is 50.9 Å². The number of thiophene rings is 1. The predicted molar refractivity (Wildman–Crippen MR) is 73.0 cm³/mol. The van der Waals surface area contributed by atoms with E-state index in [1.807, 2.05) is 12.1 Å². The molecule has 0 unspecified atom stereocenters. The van der Waals surface area contributed by atoms with E-state index in [1.165, 1.54) is 11.3 Å². The molecule has 2 aromatic rings. The van der Waals surface area contributed by atoms with Gasteiger partial charge in [-0.1, -0.05) is 0 Å². The van der Waals surface area contributed by atoms with Gasteiger partial charge in [-0.05, 0) is 34.1 Å². The van der Waals surface area contributed by atoms with E-state index in [4.69, 9.17) is 5.73 Å². The van der Waals surface area contributed by atoms with Gasteiger partial charge in [0.1, 0.15) is 5.69 Å². The van der Waals surface area contributed by atoms with Gasteiger partial charge in [0.15, 0.2) is 0 Å². The third kappa shape index (κ3) is 3.60. The Bertz CT molecular complexity index is 583. The Morgan fingerprint density at radius 2 is 2.11 bits per heavy atom. The molecule has 2 aromatic heterocycles. The van der Waals surface area contributed by atoms with E-state index < -0.39 is 11.9 Å². The number of rotatable bonds is 3. The molecule has 3 nitrogen and oxygen atoms in total. The third-order valence-corrected chi connectivity index (χ3v) is 3.93. The smallest absolute Gasteiger partial charge is 0.396 e. The van der Waals surface area contributed by atoms with E-state index in [-0.39, 0.29) is 11.4 Å². The number of nitrogens with zero attached hydrogens (tertiary/aromatic N) is 1. The molecule has 0 aliphatic carbocycles. The van der Waals surface area contributed by atoms with Crippen molar-refractivity contribution >= 4 is 38.6 Å². The van der Waals surface area contributed by atoms with Crippen LogP contribution in [0.4, 0.5) is 24.5 Å². The van der Waals surface area contributed by atoms with Gasteiger partial charge >= 0.3 is 6.18 Å². The molecule has 3 N–H and O–H groups in total. The first-order valence-electron chi connectivity index (χ1n) is 5.17. The van der Waals surface area contributed by atoms with Gasteiger partial charge in [-0.15, -0.1) is 11.3 Å². The number of hydrogen-bond acceptors (Lipinski definition) is 4. The maximum atomic E-state index is 12.5. The van der Waals surface area contributed by atoms with Crippen LogP contribution < -0.4 is 11.1 Å². The van der Waals surface area contributed by atoms with Crippen molar-refractivity contribution in [3.05, 3.63) is 38.8 Å².